The summed E-state index contributed by atoms with van der Waals surface area (Å²) in [5.74, 6) is -3.53. The Balaban J connectivity index is 1.81. The molecule has 0 saturated heterocycles. The lowest BCUT2D eigenvalue weighted by Crippen LogP contribution is -2.25. The predicted octanol–water partition coefficient (Wildman–Crippen LogP) is 3.41. The largest absolute Gasteiger partial charge is 0.619 e. The maximum absolute atomic E-state index is 13.5. The molecule has 1 aromatic carbocycles. The van der Waals surface area contributed by atoms with E-state index in [9.17, 15) is 18.4 Å². The molecule has 2 aromatic heterocycles. The van der Waals surface area contributed by atoms with E-state index in [0.29, 0.717) is 30.9 Å². The Hall–Kier alpha value is -3.16. The van der Waals surface area contributed by atoms with Crippen molar-refractivity contribution in [3.05, 3.63) is 76.6 Å². The molecular weight excluding hydrogens is 357 g/mol. The molecule has 0 bridgehead atoms. The number of nitrogens with one attached hydrogen (secondary N) is 1. The van der Waals surface area contributed by atoms with Crippen LogP contribution in [-0.4, -0.2) is 16.5 Å². The molecular formula is C19H17F3N4O. The molecule has 0 saturated carbocycles. The number of benzene rings is 1. The van der Waals surface area contributed by atoms with Crippen LogP contribution in [0, 0.1) is 22.7 Å². The van der Waals surface area contributed by atoms with E-state index in [4.69, 9.17) is 0 Å². The van der Waals surface area contributed by atoms with Crippen LogP contribution in [0.5, 0.6) is 0 Å². The number of aromatic nitrogens is 3. The van der Waals surface area contributed by atoms with Crippen LogP contribution in [0.2, 0.25) is 0 Å². The van der Waals surface area contributed by atoms with Crippen molar-refractivity contribution >= 4 is 5.82 Å². The average Bonchev–Trinajstić information content (AvgIpc) is 2.65. The number of anilines is 1. The second-order valence-electron chi connectivity index (χ2n) is 5.92. The lowest BCUT2D eigenvalue weighted by Gasteiger charge is -2.10. The lowest BCUT2D eigenvalue weighted by molar-refractivity contribution is -0.605. The molecule has 3 rings (SSSR count). The van der Waals surface area contributed by atoms with Gasteiger partial charge < -0.3 is 10.5 Å². The molecule has 0 spiro atoms. The van der Waals surface area contributed by atoms with E-state index in [-0.39, 0.29) is 11.4 Å². The second-order valence-corrected chi connectivity index (χ2v) is 5.92. The standard InChI is InChI=1S/C19H17F3N4O/c1-2-14-10-17(23-6-5-12-4-3-7-26(27)11-12)25-19(24-14)13-8-15(20)18(22)16(21)9-13/h3-4,7-11H,2,5-6H2,1H3,(H,23,24,25). The third-order valence-corrected chi connectivity index (χ3v) is 3.94. The summed E-state index contributed by atoms with van der Waals surface area (Å²) in [7, 11) is 0. The Morgan fingerprint density at radius 3 is 2.52 bits per heavy atom. The zero-order chi connectivity index (χ0) is 19.4. The average molecular weight is 374 g/mol. The Kier molecular flexibility index (Phi) is 5.54. The van der Waals surface area contributed by atoms with Gasteiger partial charge in [0.05, 0.1) is 0 Å². The molecule has 0 amide bonds. The van der Waals surface area contributed by atoms with Gasteiger partial charge in [0.15, 0.2) is 35.7 Å². The van der Waals surface area contributed by atoms with E-state index in [1.807, 2.05) is 13.0 Å². The van der Waals surface area contributed by atoms with Crippen LogP contribution in [0.1, 0.15) is 18.2 Å². The molecule has 3 aromatic rings. The van der Waals surface area contributed by atoms with Crippen molar-refractivity contribution in [3.63, 3.8) is 0 Å². The van der Waals surface area contributed by atoms with Crippen LogP contribution >= 0.6 is 0 Å². The molecule has 8 heteroatoms. The van der Waals surface area contributed by atoms with Gasteiger partial charge in [0.2, 0.25) is 0 Å². The third-order valence-electron chi connectivity index (χ3n) is 3.94. The molecule has 0 aliphatic carbocycles. The van der Waals surface area contributed by atoms with Crippen molar-refractivity contribution < 1.29 is 17.9 Å². The summed E-state index contributed by atoms with van der Waals surface area (Å²) in [6.07, 6.45) is 4.06. The minimum Gasteiger partial charge on any atom is -0.619 e. The summed E-state index contributed by atoms with van der Waals surface area (Å²) in [4.78, 5) is 8.53. The van der Waals surface area contributed by atoms with Crippen LogP contribution in [0.4, 0.5) is 19.0 Å². The van der Waals surface area contributed by atoms with Crippen LogP contribution in [0.3, 0.4) is 0 Å². The van der Waals surface area contributed by atoms with Gasteiger partial charge in [0.1, 0.15) is 5.82 Å². The van der Waals surface area contributed by atoms with Gasteiger partial charge in [-0.2, -0.15) is 4.73 Å². The van der Waals surface area contributed by atoms with Gasteiger partial charge in [-0.15, -0.1) is 0 Å². The highest BCUT2D eigenvalue weighted by Gasteiger charge is 2.14. The Bertz CT molecular complexity index is 942. The number of hydrogen-bond donors (Lipinski definition) is 1. The molecule has 5 nitrogen and oxygen atoms in total. The molecule has 0 atom stereocenters. The fraction of sp³-hybridized carbons (Fsp3) is 0.211. The zero-order valence-corrected chi connectivity index (χ0v) is 14.5. The molecule has 0 aliphatic heterocycles. The van der Waals surface area contributed by atoms with Crippen LogP contribution in [-0.2, 0) is 12.8 Å². The number of hydrogen-bond acceptors (Lipinski definition) is 4. The maximum atomic E-state index is 13.5. The van der Waals surface area contributed by atoms with Crippen LogP contribution in [0.25, 0.3) is 11.4 Å². The fourth-order valence-electron chi connectivity index (χ4n) is 2.57. The van der Waals surface area contributed by atoms with Crippen molar-refractivity contribution in [1.29, 1.82) is 0 Å². The summed E-state index contributed by atoms with van der Waals surface area (Å²) in [6.45, 7) is 2.38. The molecule has 140 valence electrons. The number of halogens is 3. The number of aryl methyl sites for hydroxylation is 1. The predicted molar refractivity (Wildman–Crippen MR) is 94.3 cm³/mol. The minimum atomic E-state index is -1.53. The fourth-order valence-corrected chi connectivity index (χ4v) is 2.57. The van der Waals surface area contributed by atoms with Crippen LogP contribution in [0.15, 0.2) is 42.7 Å². The summed E-state index contributed by atoms with van der Waals surface area (Å²) in [6, 6.07) is 6.97. The Morgan fingerprint density at radius 2 is 1.85 bits per heavy atom. The van der Waals surface area contributed by atoms with Crippen molar-refractivity contribution in [2.24, 2.45) is 0 Å². The van der Waals surface area contributed by atoms with Gasteiger partial charge in [-0.05, 0) is 31.0 Å². The highest BCUT2D eigenvalue weighted by Crippen LogP contribution is 2.23. The number of nitrogens with zero attached hydrogens (tertiary/aromatic N) is 3. The SMILES string of the molecule is CCc1cc(NCCc2ccc[n+]([O-])c2)nc(-c2cc(F)c(F)c(F)c2)n1. The maximum Gasteiger partial charge on any atom is 0.194 e. The lowest BCUT2D eigenvalue weighted by atomic mass is 10.1. The molecule has 0 radical (unpaired) electrons. The first kappa shape index (κ1) is 18.6. The highest BCUT2D eigenvalue weighted by atomic mass is 19.2. The Morgan fingerprint density at radius 1 is 1.11 bits per heavy atom. The summed E-state index contributed by atoms with van der Waals surface area (Å²) >= 11 is 0. The van der Waals surface area contributed by atoms with Crippen molar-refractivity contribution in [1.82, 2.24) is 9.97 Å². The quantitative estimate of drug-likeness (QED) is 0.408. The summed E-state index contributed by atoms with van der Waals surface area (Å²) in [5.41, 5.74) is 1.58. The van der Waals surface area contributed by atoms with Gasteiger partial charge in [0, 0.05) is 35.5 Å². The molecule has 2 heterocycles. The van der Waals surface area contributed by atoms with E-state index in [0.717, 1.165) is 22.4 Å². The van der Waals surface area contributed by atoms with E-state index >= 15 is 0 Å². The van der Waals surface area contributed by atoms with Crippen LogP contribution < -0.4 is 10.0 Å². The first-order valence-electron chi connectivity index (χ1n) is 8.40. The first-order chi connectivity index (χ1) is 13.0. The van der Waals surface area contributed by atoms with E-state index < -0.39 is 17.5 Å². The van der Waals surface area contributed by atoms with E-state index in [1.54, 1.807) is 12.1 Å². The second kappa shape index (κ2) is 8.03. The molecule has 0 fully saturated rings. The molecule has 27 heavy (non-hydrogen) atoms. The van der Waals surface area contributed by atoms with Crippen molar-refractivity contribution in [2.75, 3.05) is 11.9 Å². The van der Waals surface area contributed by atoms with Crippen molar-refractivity contribution in [2.45, 2.75) is 19.8 Å². The smallest absolute Gasteiger partial charge is 0.194 e. The van der Waals surface area contributed by atoms with E-state index in [1.165, 1.54) is 12.4 Å². The number of rotatable bonds is 6. The number of pyridine rings is 1. The zero-order valence-electron chi connectivity index (χ0n) is 14.5. The first-order valence-corrected chi connectivity index (χ1v) is 8.40. The normalized spacial score (nSPS) is 10.8. The van der Waals surface area contributed by atoms with Gasteiger partial charge in [0.25, 0.3) is 0 Å². The monoisotopic (exact) mass is 374 g/mol. The summed E-state index contributed by atoms with van der Waals surface area (Å²) in [5, 5.41) is 14.4. The molecule has 0 unspecified atom stereocenters. The van der Waals surface area contributed by atoms with Gasteiger partial charge in [-0.3, -0.25) is 0 Å². The van der Waals surface area contributed by atoms with Gasteiger partial charge in [-0.1, -0.05) is 6.92 Å². The van der Waals surface area contributed by atoms with E-state index in [2.05, 4.69) is 15.3 Å². The van der Waals surface area contributed by atoms with Gasteiger partial charge >= 0.3 is 0 Å². The Labute approximate surface area is 154 Å². The van der Waals surface area contributed by atoms with Gasteiger partial charge in [-0.25, -0.2) is 23.1 Å². The minimum absolute atomic E-state index is 0.0557. The summed E-state index contributed by atoms with van der Waals surface area (Å²) < 4.78 is 40.9. The highest BCUT2D eigenvalue weighted by molar-refractivity contribution is 5.58. The van der Waals surface area contributed by atoms with Crippen molar-refractivity contribution in [3.8, 4) is 11.4 Å². The third kappa shape index (κ3) is 4.52. The topological polar surface area (TPSA) is 64.8 Å². The molecule has 0 aliphatic rings. The molecule has 1 N–H and O–H groups in total.